The minimum atomic E-state index is -2.79. The standard InChI is InChI=1S/C33H20Cl2F6N2O5/c34-32-11-17-15(7-8-16-20(17)29(46)42(28(16)45)12-13-4-2-1-3-5-13)21(14-6-9-19(44)18(36)10-14)33(32,35)31(48)43(30(32)47)27-25(40)23(38)22(37)24(39)26(27)41/h1-7,9-10,16-17,20-21,44H,8,11-12H2/t16-,17+,20-,21-,32+,33-/m0/s1. The number of nitrogens with zero attached hydrogens (tertiary/aromatic N) is 2. The molecule has 7 nitrogen and oxygen atoms in total. The highest BCUT2D eigenvalue weighted by atomic mass is 35.5. The molecule has 7 rings (SSSR count). The van der Waals surface area contributed by atoms with Crippen molar-refractivity contribution in [3.63, 3.8) is 0 Å². The van der Waals surface area contributed by atoms with Gasteiger partial charge in [-0.25, -0.2) is 31.2 Å². The maximum absolute atomic E-state index is 15.1. The minimum absolute atomic E-state index is 0.0603. The lowest BCUT2D eigenvalue weighted by Gasteiger charge is -2.50. The molecule has 0 aromatic heterocycles. The molecule has 2 heterocycles. The number of fused-ring (bicyclic) bond motifs is 4. The molecule has 0 unspecified atom stereocenters. The van der Waals surface area contributed by atoms with Gasteiger partial charge >= 0.3 is 0 Å². The van der Waals surface area contributed by atoms with E-state index < -0.39 is 110 Å². The minimum Gasteiger partial charge on any atom is -0.505 e. The smallest absolute Gasteiger partial charge is 0.258 e. The second-order valence-electron chi connectivity index (χ2n) is 12.2. The highest BCUT2D eigenvalue weighted by molar-refractivity contribution is 6.58. The molecule has 1 saturated carbocycles. The Morgan fingerprint density at radius 2 is 1.42 bits per heavy atom. The van der Waals surface area contributed by atoms with Gasteiger partial charge in [-0.15, -0.1) is 23.2 Å². The van der Waals surface area contributed by atoms with E-state index in [2.05, 4.69) is 0 Å². The fourth-order valence-corrected chi connectivity index (χ4v) is 8.57. The molecule has 6 atom stereocenters. The van der Waals surface area contributed by atoms with E-state index in [0.717, 1.165) is 23.1 Å². The van der Waals surface area contributed by atoms with E-state index in [-0.39, 0.29) is 29.0 Å². The lowest BCUT2D eigenvalue weighted by Crippen LogP contribution is -2.60. The number of likely N-dealkylation sites (tertiary alicyclic amines) is 1. The summed E-state index contributed by atoms with van der Waals surface area (Å²) in [6.07, 6.45) is 0.754. The Morgan fingerprint density at radius 3 is 2.04 bits per heavy atom. The summed E-state index contributed by atoms with van der Waals surface area (Å²) in [6.45, 7) is -0.0862. The third kappa shape index (κ3) is 4.09. The number of aromatic hydroxyl groups is 1. The summed E-state index contributed by atoms with van der Waals surface area (Å²) < 4.78 is 87.6. The normalized spacial score (nSPS) is 29.6. The Bertz CT molecular complexity index is 1980. The number of hydrogen-bond donors (Lipinski definition) is 1. The lowest BCUT2D eigenvalue weighted by atomic mass is 9.56. The van der Waals surface area contributed by atoms with Crippen LogP contribution in [0.25, 0.3) is 0 Å². The van der Waals surface area contributed by atoms with Crippen molar-refractivity contribution >= 4 is 52.5 Å². The first-order chi connectivity index (χ1) is 22.6. The van der Waals surface area contributed by atoms with Crippen LogP contribution in [0.15, 0.2) is 60.2 Å². The van der Waals surface area contributed by atoms with Gasteiger partial charge < -0.3 is 5.11 Å². The molecule has 3 fully saturated rings. The number of halogens is 8. The van der Waals surface area contributed by atoms with Crippen LogP contribution >= 0.6 is 23.2 Å². The molecule has 15 heteroatoms. The summed E-state index contributed by atoms with van der Waals surface area (Å²) in [4.78, 5) is 51.1. The van der Waals surface area contributed by atoms with Crippen LogP contribution in [-0.4, -0.2) is 43.4 Å². The molecule has 3 aromatic carbocycles. The Kier molecular flexibility index (Phi) is 7.26. The zero-order chi connectivity index (χ0) is 34.6. The van der Waals surface area contributed by atoms with Crippen LogP contribution in [0.5, 0.6) is 5.75 Å². The van der Waals surface area contributed by atoms with Crippen LogP contribution in [-0.2, 0) is 25.7 Å². The number of carbonyl (C=O) groups is 4. The SMILES string of the molecule is O=C1[C@H]2[C@H](CC=C3[C@H]2C[C@@]2(Cl)C(=O)N(c4c(F)c(F)c(F)c(F)c4F)C(=O)[C@@]2(Cl)[C@H]3c2ccc(O)c(F)c2)C(=O)N1Cc1ccccc1. The first-order valence-electron chi connectivity index (χ1n) is 14.5. The van der Waals surface area contributed by atoms with Gasteiger partial charge in [0.05, 0.1) is 18.4 Å². The molecule has 0 radical (unpaired) electrons. The van der Waals surface area contributed by atoms with E-state index in [0.29, 0.717) is 5.56 Å². The van der Waals surface area contributed by atoms with Crippen molar-refractivity contribution in [1.82, 2.24) is 4.90 Å². The van der Waals surface area contributed by atoms with E-state index in [4.69, 9.17) is 23.2 Å². The van der Waals surface area contributed by atoms with Gasteiger partial charge in [-0.2, -0.15) is 0 Å². The van der Waals surface area contributed by atoms with Crippen LogP contribution in [0.2, 0.25) is 0 Å². The highest BCUT2D eigenvalue weighted by Gasteiger charge is 2.77. The maximum atomic E-state index is 15.1. The number of allylic oxidation sites excluding steroid dienone is 2. The molecule has 48 heavy (non-hydrogen) atoms. The van der Waals surface area contributed by atoms with Crippen molar-refractivity contribution in [3.05, 3.63) is 106 Å². The van der Waals surface area contributed by atoms with Crippen LogP contribution in [0, 0.1) is 52.7 Å². The molecule has 248 valence electrons. The van der Waals surface area contributed by atoms with Crippen molar-refractivity contribution in [2.75, 3.05) is 4.90 Å². The topological polar surface area (TPSA) is 95.0 Å². The number of phenolic OH excluding ortho intramolecular Hbond substituents is 1. The van der Waals surface area contributed by atoms with Crippen molar-refractivity contribution in [2.45, 2.75) is 35.1 Å². The van der Waals surface area contributed by atoms with E-state index in [1.165, 1.54) is 6.08 Å². The molecule has 4 aliphatic rings. The monoisotopic (exact) mass is 708 g/mol. The third-order valence-electron chi connectivity index (χ3n) is 9.80. The molecule has 2 saturated heterocycles. The van der Waals surface area contributed by atoms with Crippen molar-refractivity contribution in [1.29, 1.82) is 0 Å². The van der Waals surface area contributed by atoms with Gasteiger partial charge in [0.15, 0.2) is 44.6 Å². The Morgan fingerprint density at radius 1 is 0.792 bits per heavy atom. The van der Waals surface area contributed by atoms with E-state index in [9.17, 15) is 41.8 Å². The van der Waals surface area contributed by atoms with Gasteiger partial charge in [0, 0.05) is 5.92 Å². The number of alkyl halides is 2. The molecule has 0 bridgehead atoms. The summed E-state index contributed by atoms with van der Waals surface area (Å²) >= 11 is 14.0. The number of phenols is 1. The quantitative estimate of drug-likeness (QED) is 0.0898. The van der Waals surface area contributed by atoms with Gasteiger partial charge in [0.2, 0.25) is 17.6 Å². The summed E-state index contributed by atoms with van der Waals surface area (Å²) in [7, 11) is 0. The molecule has 0 spiro atoms. The van der Waals surface area contributed by atoms with Crippen LogP contribution in [0.3, 0.4) is 0 Å². The maximum Gasteiger partial charge on any atom is 0.258 e. The van der Waals surface area contributed by atoms with E-state index in [1.807, 2.05) is 0 Å². The van der Waals surface area contributed by atoms with Gasteiger partial charge in [-0.3, -0.25) is 24.1 Å². The molecular weight excluding hydrogens is 689 g/mol. The molecule has 1 N–H and O–H groups in total. The first-order valence-corrected chi connectivity index (χ1v) is 15.3. The summed E-state index contributed by atoms with van der Waals surface area (Å²) in [5.74, 6) is -23.9. The predicted molar refractivity (Wildman–Crippen MR) is 156 cm³/mol. The predicted octanol–water partition coefficient (Wildman–Crippen LogP) is 5.99. The number of hydrogen-bond acceptors (Lipinski definition) is 5. The van der Waals surface area contributed by atoms with Crippen molar-refractivity contribution < 1.29 is 50.6 Å². The number of carbonyl (C=O) groups excluding carboxylic acids is 4. The summed E-state index contributed by atoms with van der Waals surface area (Å²) in [5, 5.41) is 9.88. The van der Waals surface area contributed by atoms with Crippen LogP contribution < -0.4 is 4.90 Å². The average molecular weight is 709 g/mol. The fourth-order valence-electron chi connectivity index (χ4n) is 7.63. The Labute approximate surface area is 277 Å². The molecule has 2 aliphatic heterocycles. The summed E-state index contributed by atoms with van der Waals surface area (Å²) in [6, 6.07) is 11.4. The lowest BCUT2D eigenvalue weighted by molar-refractivity contribution is -0.141. The zero-order valence-corrected chi connectivity index (χ0v) is 25.6. The molecule has 4 amide bonds. The Hall–Kier alpha value is -4.36. The van der Waals surface area contributed by atoms with Crippen molar-refractivity contribution in [2.24, 2.45) is 17.8 Å². The van der Waals surface area contributed by atoms with Gasteiger partial charge in [-0.05, 0) is 42.0 Å². The fraction of sp³-hybridized carbons (Fsp3) is 0.273. The summed E-state index contributed by atoms with van der Waals surface area (Å²) in [5.41, 5.74) is -1.29. The van der Waals surface area contributed by atoms with Gasteiger partial charge in [-0.1, -0.05) is 48.0 Å². The van der Waals surface area contributed by atoms with Crippen molar-refractivity contribution in [3.8, 4) is 5.75 Å². The highest BCUT2D eigenvalue weighted by Crippen LogP contribution is 2.66. The zero-order valence-electron chi connectivity index (χ0n) is 24.1. The second-order valence-corrected chi connectivity index (χ2v) is 13.4. The average Bonchev–Trinajstić information content (AvgIpc) is 3.39. The van der Waals surface area contributed by atoms with Gasteiger partial charge in [0.1, 0.15) is 5.69 Å². The number of benzene rings is 3. The Balaban J connectivity index is 1.41. The van der Waals surface area contributed by atoms with E-state index >= 15 is 8.78 Å². The number of rotatable bonds is 4. The third-order valence-corrected chi connectivity index (χ3v) is 11.2. The van der Waals surface area contributed by atoms with Crippen LogP contribution in [0.1, 0.15) is 29.9 Å². The molecular formula is C33H20Cl2F6N2O5. The largest absolute Gasteiger partial charge is 0.505 e. The molecule has 3 aromatic rings. The van der Waals surface area contributed by atoms with E-state index in [1.54, 1.807) is 30.3 Å². The number of amides is 4. The molecule has 2 aliphatic carbocycles. The number of imide groups is 2. The number of anilines is 1. The first kappa shape index (κ1) is 32.2. The second kappa shape index (κ2) is 10.8. The van der Waals surface area contributed by atoms with Crippen LogP contribution in [0.4, 0.5) is 32.0 Å². The van der Waals surface area contributed by atoms with Gasteiger partial charge in [0.25, 0.3) is 11.8 Å².